The number of hydrogen-bond acceptors (Lipinski definition) is 9. The predicted molar refractivity (Wildman–Crippen MR) is 155 cm³/mol. The van der Waals surface area contributed by atoms with E-state index in [1.807, 2.05) is 0 Å². The summed E-state index contributed by atoms with van der Waals surface area (Å²) in [7, 11) is 4.09. The van der Waals surface area contributed by atoms with Gasteiger partial charge >= 0.3 is 0 Å². The van der Waals surface area contributed by atoms with Crippen molar-refractivity contribution in [3.8, 4) is 22.6 Å². The van der Waals surface area contributed by atoms with E-state index in [1.165, 1.54) is 37.1 Å². The van der Waals surface area contributed by atoms with E-state index in [0.29, 0.717) is 22.9 Å². The first-order valence-electron chi connectivity index (χ1n) is 13.3. The van der Waals surface area contributed by atoms with Gasteiger partial charge in [0, 0.05) is 62.0 Å². The number of anilines is 3. The van der Waals surface area contributed by atoms with E-state index in [2.05, 4.69) is 27.0 Å². The Labute approximate surface area is 240 Å². The maximum Gasteiger partial charge on any atom is 0.294 e. The highest BCUT2D eigenvalue weighted by molar-refractivity contribution is 6.04. The highest BCUT2D eigenvalue weighted by atomic mass is 19.1. The SMILES string of the molecule is CCN1CCN(c2ccc(Nc3ncc4c(cc(C=O)n4C)c3-c3c(F)c(OC)cc(OC)c3F)c([N+](=O)[O-])c2)CC1. The number of nitrogens with one attached hydrogen (secondary N) is 1. The number of aldehydes is 1. The first kappa shape index (κ1) is 28.7. The Morgan fingerprint density at radius 2 is 1.71 bits per heavy atom. The molecule has 0 radical (unpaired) electrons. The summed E-state index contributed by atoms with van der Waals surface area (Å²) in [5.41, 5.74) is 0.601. The molecule has 220 valence electrons. The fourth-order valence-corrected chi connectivity index (χ4v) is 5.30. The number of pyridine rings is 1. The third-order valence-electron chi connectivity index (χ3n) is 7.70. The van der Waals surface area contributed by atoms with Crippen LogP contribution in [0.4, 0.5) is 31.7 Å². The van der Waals surface area contributed by atoms with Crippen LogP contribution in [0.25, 0.3) is 22.0 Å². The number of carbonyl (C=O) groups excluding carboxylic acids is 1. The molecular weight excluding hydrogens is 550 g/mol. The normalized spacial score (nSPS) is 13.8. The van der Waals surface area contributed by atoms with Crippen molar-refractivity contribution in [2.75, 3.05) is 57.2 Å². The number of aryl methyl sites for hydroxylation is 1. The summed E-state index contributed by atoms with van der Waals surface area (Å²) in [6.45, 7) is 6.17. The fraction of sp³-hybridized carbons (Fsp3) is 0.310. The number of piperazine rings is 1. The van der Waals surface area contributed by atoms with Gasteiger partial charge in [0.25, 0.3) is 5.69 Å². The Hall–Kier alpha value is -4.78. The molecule has 3 heterocycles. The number of methoxy groups -OCH3 is 2. The first-order valence-corrected chi connectivity index (χ1v) is 13.3. The van der Waals surface area contributed by atoms with Gasteiger partial charge in [0.2, 0.25) is 0 Å². The maximum atomic E-state index is 15.8. The lowest BCUT2D eigenvalue weighted by Crippen LogP contribution is -2.46. The maximum absolute atomic E-state index is 15.8. The largest absolute Gasteiger partial charge is 0.494 e. The summed E-state index contributed by atoms with van der Waals surface area (Å²) in [5.74, 6) is -2.68. The number of benzene rings is 2. The van der Waals surface area contributed by atoms with Gasteiger partial charge in [0.05, 0.1) is 42.1 Å². The number of rotatable bonds is 9. The van der Waals surface area contributed by atoms with Crippen molar-refractivity contribution in [2.24, 2.45) is 7.05 Å². The number of halogens is 2. The number of nitro groups is 1. The van der Waals surface area contributed by atoms with E-state index >= 15 is 8.78 Å². The molecule has 2 aromatic heterocycles. The second-order valence-corrected chi connectivity index (χ2v) is 9.82. The summed E-state index contributed by atoms with van der Waals surface area (Å²) in [6, 6.07) is 7.35. The predicted octanol–water partition coefficient (Wildman–Crippen LogP) is 5.14. The van der Waals surface area contributed by atoms with E-state index in [9.17, 15) is 14.9 Å². The molecule has 0 amide bonds. The van der Waals surface area contributed by atoms with Crippen LogP contribution in [0.5, 0.6) is 11.5 Å². The molecule has 0 bridgehead atoms. The van der Waals surface area contributed by atoms with E-state index in [4.69, 9.17) is 9.47 Å². The van der Waals surface area contributed by atoms with Gasteiger partial charge in [0.1, 0.15) is 11.5 Å². The Kier molecular flexibility index (Phi) is 7.94. The van der Waals surface area contributed by atoms with Crippen LogP contribution < -0.4 is 19.7 Å². The Morgan fingerprint density at radius 1 is 1.05 bits per heavy atom. The Morgan fingerprint density at radius 3 is 2.29 bits per heavy atom. The quantitative estimate of drug-likeness (QED) is 0.163. The number of hydrogen-bond donors (Lipinski definition) is 1. The number of likely N-dealkylation sites (N-methyl/N-ethyl adjacent to an activating group) is 1. The molecule has 1 aliphatic rings. The van der Waals surface area contributed by atoms with Crippen LogP contribution in [0.3, 0.4) is 0 Å². The minimum Gasteiger partial charge on any atom is -0.494 e. The summed E-state index contributed by atoms with van der Waals surface area (Å²) in [5, 5.41) is 15.4. The van der Waals surface area contributed by atoms with Crippen LogP contribution in [0, 0.1) is 21.7 Å². The zero-order valence-electron chi connectivity index (χ0n) is 23.6. The number of ether oxygens (including phenoxy) is 2. The highest BCUT2D eigenvalue weighted by Crippen LogP contribution is 2.45. The molecule has 1 fully saturated rings. The second-order valence-electron chi connectivity index (χ2n) is 9.82. The first-order chi connectivity index (χ1) is 20.2. The summed E-state index contributed by atoms with van der Waals surface area (Å²) in [4.78, 5) is 32.2. The van der Waals surface area contributed by atoms with E-state index < -0.39 is 22.1 Å². The number of aromatic nitrogens is 2. The number of nitro benzene ring substituents is 1. The minimum absolute atomic E-state index is 0.0579. The van der Waals surface area contributed by atoms with Gasteiger partial charge in [-0.1, -0.05) is 6.92 Å². The van der Waals surface area contributed by atoms with Crippen LogP contribution in [0.15, 0.2) is 36.5 Å². The van der Waals surface area contributed by atoms with Crippen LogP contribution >= 0.6 is 0 Å². The summed E-state index contributed by atoms with van der Waals surface area (Å²) >= 11 is 0. The van der Waals surface area contributed by atoms with Crippen LogP contribution in [-0.4, -0.2) is 72.6 Å². The van der Waals surface area contributed by atoms with Crippen molar-refractivity contribution < 1.29 is 28.0 Å². The second kappa shape index (κ2) is 11.6. The van der Waals surface area contributed by atoms with Crippen LogP contribution in [0.2, 0.25) is 0 Å². The molecule has 0 spiro atoms. The number of nitrogens with zero attached hydrogens (tertiary/aromatic N) is 5. The van der Waals surface area contributed by atoms with E-state index in [1.54, 1.807) is 19.2 Å². The molecule has 42 heavy (non-hydrogen) atoms. The monoisotopic (exact) mass is 580 g/mol. The van der Waals surface area contributed by atoms with Crippen molar-refractivity contribution >= 4 is 40.1 Å². The third-order valence-corrected chi connectivity index (χ3v) is 7.70. The summed E-state index contributed by atoms with van der Waals surface area (Å²) in [6.07, 6.45) is 2.04. The van der Waals surface area contributed by atoms with Crippen molar-refractivity contribution in [3.63, 3.8) is 0 Å². The molecular formula is C29H30F2N6O5. The van der Waals surface area contributed by atoms with Crippen LogP contribution in [-0.2, 0) is 7.05 Å². The molecule has 2 aromatic carbocycles. The topological polar surface area (TPSA) is 115 Å². The van der Waals surface area contributed by atoms with Gasteiger partial charge in [0.15, 0.2) is 29.4 Å². The number of fused-ring (bicyclic) bond motifs is 1. The zero-order valence-corrected chi connectivity index (χ0v) is 23.6. The average Bonchev–Trinajstić information content (AvgIpc) is 3.33. The van der Waals surface area contributed by atoms with Crippen LogP contribution in [0.1, 0.15) is 17.4 Å². The van der Waals surface area contributed by atoms with Crippen molar-refractivity contribution in [1.82, 2.24) is 14.5 Å². The smallest absolute Gasteiger partial charge is 0.294 e. The van der Waals surface area contributed by atoms with Crippen molar-refractivity contribution in [2.45, 2.75) is 6.92 Å². The molecule has 13 heteroatoms. The zero-order chi connectivity index (χ0) is 30.1. The average molecular weight is 581 g/mol. The molecule has 1 N–H and O–H groups in total. The number of carbonyl (C=O) groups is 1. The molecule has 1 saturated heterocycles. The van der Waals surface area contributed by atoms with Gasteiger partial charge < -0.3 is 29.2 Å². The van der Waals surface area contributed by atoms with Gasteiger partial charge in [-0.3, -0.25) is 14.9 Å². The minimum atomic E-state index is -1.03. The molecule has 5 rings (SSSR count). The standard InChI is InChI=1S/C29H30F2N6O5/c1-5-35-8-10-36(11-9-35)17-6-7-20(21(13-17)37(39)40)33-29-25(19-12-18(16-38)34(2)22(19)15-32-29)26-27(30)23(41-3)14-24(42-4)28(26)31/h6-7,12-16H,5,8-11H2,1-4H3,(H,32,33). The molecule has 11 nitrogen and oxygen atoms in total. The van der Waals surface area contributed by atoms with Crippen molar-refractivity contribution in [3.05, 3.63) is 64.0 Å². The molecule has 0 saturated carbocycles. The van der Waals surface area contributed by atoms with Gasteiger partial charge in [-0.15, -0.1) is 0 Å². The third kappa shape index (κ3) is 4.96. The Bertz CT molecular complexity index is 1660. The van der Waals surface area contributed by atoms with E-state index in [0.717, 1.165) is 38.8 Å². The fourth-order valence-electron chi connectivity index (χ4n) is 5.30. The van der Waals surface area contributed by atoms with E-state index in [-0.39, 0.29) is 39.9 Å². The highest BCUT2D eigenvalue weighted by Gasteiger charge is 2.28. The van der Waals surface area contributed by atoms with Gasteiger partial charge in [-0.25, -0.2) is 13.8 Å². The molecule has 0 atom stereocenters. The lowest BCUT2D eigenvalue weighted by molar-refractivity contribution is -0.383. The van der Waals surface area contributed by atoms with Crippen molar-refractivity contribution in [1.29, 1.82) is 0 Å². The summed E-state index contributed by atoms with van der Waals surface area (Å²) < 4.78 is 43.5. The Balaban J connectivity index is 1.68. The molecule has 1 aliphatic heterocycles. The molecule has 0 aliphatic carbocycles. The van der Waals surface area contributed by atoms with Gasteiger partial charge in [-0.05, 0) is 24.7 Å². The lowest BCUT2D eigenvalue weighted by Gasteiger charge is -2.35. The lowest BCUT2D eigenvalue weighted by atomic mass is 9.99. The molecule has 0 unspecified atom stereocenters. The molecule has 4 aromatic rings. The van der Waals surface area contributed by atoms with Gasteiger partial charge in [-0.2, -0.15) is 0 Å².